The molecule has 0 unspecified atom stereocenters. The average Bonchev–Trinajstić information content (AvgIpc) is 2.94. The first kappa shape index (κ1) is 20.6. The van der Waals surface area contributed by atoms with Gasteiger partial charge in [0.15, 0.2) is 5.75 Å². The minimum absolute atomic E-state index is 0.300. The SMILES string of the molecule is CCOc1ccc2ccccc2c1C(=O)Nc1ccc2c(c1)C(=O)Nc1cc(C)ccc1O2. The fourth-order valence-corrected chi connectivity index (χ4v) is 3.97. The maximum absolute atomic E-state index is 13.3. The number of aryl methyl sites for hydroxylation is 1. The van der Waals surface area contributed by atoms with Crippen molar-refractivity contribution in [2.24, 2.45) is 0 Å². The van der Waals surface area contributed by atoms with Gasteiger partial charge in [0.05, 0.1) is 23.4 Å². The minimum atomic E-state index is -0.316. The summed E-state index contributed by atoms with van der Waals surface area (Å²) in [5.74, 6) is 0.889. The van der Waals surface area contributed by atoms with Crippen molar-refractivity contribution in [2.45, 2.75) is 13.8 Å². The van der Waals surface area contributed by atoms with Crippen LogP contribution in [0.5, 0.6) is 17.2 Å². The molecule has 0 aromatic heterocycles. The van der Waals surface area contributed by atoms with Gasteiger partial charge in [-0.15, -0.1) is 0 Å². The van der Waals surface area contributed by atoms with E-state index in [0.717, 1.165) is 16.3 Å². The number of amides is 2. The zero-order valence-corrected chi connectivity index (χ0v) is 18.3. The molecule has 2 N–H and O–H groups in total. The van der Waals surface area contributed by atoms with Crippen molar-refractivity contribution >= 4 is 34.0 Å². The Kier molecular flexibility index (Phi) is 5.18. The van der Waals surface area contributed by atoms with E-state index >= 15 is 0 Å². The third-order valence-electron chi connectivity index (χ3n) is 5.50. The van der Waals surface area contributed by atoms with E-state index in [1.807, 2.05) is 62.4 Å². The number of carbonyl (C=O) groups is 2. The monoisotopic (exact) mass is 438 g/mol. The van der Waals surface area contributed by atoms with Crippen LogP contribution >= 0.6 is 0 Å². The fourth-order valence-electron chi connectivity index (χ4n) is 3.97. The van der Waals surface area contributed by atoms with Crippen LogP contribution in [-0.4, -0.2) is 18.4 Å². The second-order valence-electron chi connectivity index (χ2n) is 7.81. The summed E-state index contributed by atoms with van der Waals surface area (Å²) in [6.07, 6.45) is 0. The number of nitrogens with one attached hydrogen (secondary N) is 2. The van der Waals surface area contributed by atoms with Crippen LogP contribution in [0.25, 0.3) is 10.8 Å². The summed E-state index contributed by atoms with van der Waals surface area (Å²) >= 11 is 0. The topological polar surface area (TPSA) is 76.7 Å². The van der Waals surface area contributed by atoms with E-state index in [9.17, 15) is 9.59 Å². The Hall–Kier alpha value is -4.32. The van der Waals surface area contributed by atoms with Crippen LogP contribution < -0.4 is 20.1 Å². The van der Waals surface area contributed by atoms with Gasteiger partial charge in [0.1, 0.15) is 11.5 Å². The molecular weight excluding hydrogens is 416 g/mol. The van der Waals surface area contributed by atoms with Gasteiger partial charge in [0.25, 0.3) is 11.8 Å². The quantitative estimate of drug-likeness (QED) is 0.400. The molecule has 6 nitrogen and oxygen atoms in total. The van der Waals surface area contributed by atoms with Crippen LogP contribution in [-0.2, 0) is 0 Å². The molecule has 0 bridgehead atoms. The number of rotatable bonds is 4. The van der Waals surface area contributed by atoms with Gasteiger partial charge in [-0.1, -0.05) is 36.4 Å². The maximum Gasteiger partial charge on any atom is 0.260 e. The largest absolute Gasteiger partial charge is 0.493 e. The molecule has 164 valence electrons. The van der Waals surface area contributed by atoms with Crippen LogP contribution in [0.2, 0.25) is 0 Å². The van der Waals surface area contributed by atoms with Gasteiger partial charge in [0, 0.05) is 5.69 Å². The fraction of sp³-hybridized carbons (Fsp3) is 0.111. The lowest BCUT2D eigenvalue weighted by atomic mass is 10.0. The predicted molar refractivity (Wildman–Crippen MR) is 129 cm³/mol. The van der Waals surface area contributed by atoms with E-state index in [4.69, 9.17) is 9.47 Å². The first-order chi connectivity index (χ1) is 16.0. The summed E-state index contributed by atoms with van der Waals surface area (Å²) in [7, 11) is 0. The molecule has 1 heterocycles. The summed E-state index contributed by atoms with van der Waals surface area (Å²) in [4.78, 5) is 26.2. The lowest BCUT2D eigenvalue weighted by molar-refractivity contribution is 0.101. The van der Waals surface area contributed by atoms with Gasteiger partial charge in [-0.25, -0.2) is 0 Å². The van der Waals surface area contributed by atoms with Gasteiger partial charge in [-0.05, 0) is 66.6 Å². The van der Waals surface area contributed by atoms with Crippen LogP contribution in [0, 0.1) is 6.92 Å². The Morgan fingerprint density at radius 1 is 1.00 bits per heavy atom. The Morgan fingerprint density at radius 3 is 2.67 bits per heavy atom. The normalized spacial score (nSPS) is 12.1. The lowest BCUT2D eigenvalue weighted by Crippen LogP contribution is -2.16. The number of ether oxygens (including phenoxy) is 2. The van der Waals surface area contributed by atoms with E-state index in [2.05, 4.69) is 10.6 Å². The Labute approximate surface area is 191 Å². The number of anilines is 2. The van der Waals surface area contributed by atoms with E-state index in [0.29, 0.717) is 46.4 Å². The second kappa shape index (κ2) is 8.31. The summed E-state index contributed by atoms with van der Waals surface area (Å²) in [5.41, 5.74) is 2.89. The van der Waals surface area contributed by atoms with E-state index < -0.39 is 0 Å². The summed E-state index contributed by atoms with van der Waals surface area (Å²) in [5, 5.41) is 7.53. The third kappa shape index (κ3) is 3.87. The van der Waals surface area contributed by atoms with Crippen molar-refractivity contribution in [3.05, 3.63) is 89.5 Å². The molecule has 4 aromatic rings. The highest BCUT2D eigenvalue weighted by atomic mass is 16.5. The summed E-state index contributed by atoms with van der Waals surface area (Å²) in [6.45, 7) is 4.26. The van der Waals surface area contributed by atoms with Gasteiger partial charge in [0.2, 0.25) is 0 Å². The Morgan fingerprint density at radius 2 is 1.82 bits per heavy atom. The average molecular weight is 438 g/mol. The van der Waals surface area contributed by atoms with E-state index in [-0.39, 0.29) is 11.8 Å². The zero-order valence-electron chi connectivity index (χ0n) is 18.3. The maximum atomic E-state index is 13.3. The van der Waals surface area contributed by atoms with Crippen LogP contribution in [0.4, 0.5) is 11.4 Å². The molecule has 0 saturated heterocycles. The first-order valence-corrected chi connectivity index (χ1v) is 10.7. The van der Waals surface area contributed by atoms with E-state index in [1.165, 1.54) is 0 Å². The molecule has 0 radical (unpaired) electrons. The second-order valence-corrected chi connectivity index (χ2v) is 7.81. The lowest BCUT2D eigenvalue weighted by Gasteiger charge is -2.14. The van der Waals surface area contributed by atoms with Crippen LogP contribution in [0.1, 0.15) is 33.2 Å². The molecule has 0 aliphatic carbocycles. The molecule has 0 fully saturated rings. The molecule has 1 aliphatic rings. The highest BCUT2D eigenvalue weighted by molar-refractivity contribution is 6.15. The summed E-state index contributed by atoms with van der Waals surface area (Å²) < 4.78 is 11.7. The smallest absolute Gasteiger partial charge is 0.260 e. The molecule has 5 rings (SSSR count). The first-order valence-electron chi connectivity index (χ1n) is 10.7. The highest BCUT2D eigenvalue weighted by Crippen LogP contribution is 2.37. The van der Waals surface area contributed by atoms with Crippen molar-refractivity contribution < 1.29 is 19.1 Å². The third-order valence-corrected chi connectivity index (χ3v) is 5.50. The highest BCUT2D eigenvalue weighted by Gasteiger charge is 2.23. The number of hydrogen-bond donors (Lipinski definition) is 2. The van der Waals surface area contributed by atoms with Gasteiger partial charge in [-0.2, -0.15) is 0 Å². The van der Waals surface area contributed by atoms with Crippen LogP contribution in [0.15, 0.2) is 72.8 Å². The van der Waals surface area contributed by atoms with Crippen molar-refractivity contribution in [1.29, 1.82) is 0 Å². The van der Waals surface area contributed by atoms with Gasteiger partial charge >= 0.3 is 0 Å². The van der Waals surface area contributed by atoms with E-state index in [1.54, 1.807) is 24.3 Å². The van der Waals surface area contributed by atoms with Crippen molar-refractivity contribution in [2.75, 3.05) is 17.2 Å². The minimum Gasteiger partial charge on any atom is -0.493 e. The van der Waals surface area contributed by atoms with Crippen molar-refractivity contribution in [3.8, 4) is 17.2 Å². The molecule has 0 atom stereocenters. The van der Waals surface area contributed by atoms with Crippen molar-refractivity contribution in [3.63, 3.8) is 0 Å². The number of fused-ring (bicyclic) bond motifs is 3. The molecule has 33 heavy (non-hydrogen) atoms. The molecule has 0 spiro atoms. The molecule has 6 heteroatoms. The standard InChI is InChI=1S/C27H22N2O4/c1-3-32-24-12-9-17-6-4-5-7-19(17)25(24)27(31)28-18-10-13-22-20(15-18)26(30)29-21-14-16(2)8-11-23(21)33-22/h4-15H,3H2,1-2H3,(H,28,31)(H,29,30). The summed E-state index contributed by atoms with van der Waals surface area (Å²) in [6, 6.07) is 22.0. The zero-order chi connectivity index (χ0) is 22.9. The molecule has 4 aromatic carbocycles. The van der Waals surface area contributed by atoms with Crippen LogP contribution in [0.3, 0.4) is 0 Å². The number of carbonyl (C=O) groups excluding carboxylic acids is 2. The Bertz CT molecular complexity index is 1410. The number of benzene rings is 4. The Balaban J connectivity index is 1.49. The van der Waals surface area contributed by atoms with Crippen molar-refractivity contribution in [1.82, 2.24) is 0 Å². The predicted octanol–water partition coefficient (Wildman–Crippen LogP) is 6.16. The molecule has 1 aliphatic heterocycles. The molecular formula is C27H22N2O4. The van der Waals surface area contributed by atoms with Gasteiger partial charge in [-0.3, -0.25) is 9.59 Å². The molecule has 0 saturated carbocycles. The number of hydrogen-bond acceptors (Lipinski definition) is 4. The molecule has 2 amide bonds. The van der Waals surface area contributed by atoms with Gasteiger partial charge < -0.3 is 20.1 Å².